The molecule has 1 N–H and O–H groups in total. The number of ketones is 1. The van der Waals surface area contributed by atoms with Crippen LogP contribution in [0.5, 0.6) is 0 Å². The van der Waals surface area contributed by atoms with Crippen LogP contribution in [0.2, 0.25) is 0 Å². The zero-order valence-corrected chi connectivity index (χ0v) is 17.1. The van der Waals surface area contributed by atoms with Crippen molar-refractivity contribution in [2.75, 3.05) is 0 Å². The van der Waals surface area contributed by atoms with Crippen molar-refractivity contribution in [1.82, 2.24) is 4.98 Å². The van der Waals surface area contributed by atoms with Crippen LogP contribution >= 0.6 is 0 Å². The summed E-state index contributed by atoms with van der Waals surface area (Å²) in [6.07, 6.45) is 0. The molecule has 3 aromatic carbocycles. The van der Waals surface area contributed by atoms with Crippen molar-refractivity contribution in [3.63, 3.8) is 0 Å². The number of carbonyl (C=O) groups is 1. The van der Waals surface area contributed by atoms with E-state index in [1.165, 1.54) is 6.07 Å². The van der Waals surface area contributed by atoms with Gasteiger partial charge in [-0.05, 0) is 42.3 Å². The van der Waals surface area contributed by atoms with Crippen LogP contribution in [0.1, 0.15) is 21.8 Å². The molecule has 32 heavy (non-hydrogen) atoms. The molecule has 0 fully saturated rings. The molecule has 0 amide bonds. The first kappa shape index (κ1) is 18.4. The Morgan fingerprint density at radius 3 is 2.47 bits per heavy atom. The lowest BCUT2D eigenvalue weighted by Gasteiger charge is -2.05. The highest BCUT2D eigenvalue weighted by molar-refractivity contribution is 6.20. The summed E-state index contributed by atoms with van der Waals surface area (Å²) in [5, 5.41) is 2.37. The van der Waals surface area contributed by atoms with Gasteiger partial charge in [0.05, 0.1) is 11.1 Å². The minimum atomic E-state index is -0.439. The van der Waals surface area contributed by atoms with E-state index in [1.54, 1.807) is 0 Å². The molecule has 0 aliphatic heterocycles. The van der Waals surface area contributed by atoms with E-state index in [4.69, 9.17) is 8.83 Å². The fraction of sp³-hybridized carbons (Fsp3) is 0.0370. The van der Waals surface area contributed by atoms with E-state index >= 15 is 0 Å². The second-order valence-electron chi connectivity index (χ2n) is 7.84. The number of carbonyl (C=O) groups excluding carboxylic acids is 1. The van der Waals surface area contributed by atoms with Gasteiger partial charge < -0.3 is 13.8 Å². The number of nitrogens with one attached hydrogen (secondary N) is 1. The van der Waals surface area contributed by atoms with Gasteiger partial charge in [0, 0.05) is 27.9 Å². The normalized spacial score (nSPS) is 11.5. The van der Waals surface area contributed by atoms with Crippen molar-refractivity contribution in [3.8, 4) is 11.1 Å². The van der Waals surface area contributed by atoms with Crippen molar-refractivity contribution in [3.05, 3.63) is 106 Å². The maximum Gasteiger partial charge on any atom is 0.336 e. The number of benzene rings is 3. The van der Waals surface area contributed by atoms with Crippen molar-refractivity contribution in [2.45, 2.75) is 6.92 Å². The van der Waals surface area contributed by atoms with Gasteiger partial charge in [0.2, 0.25) is 5.78 Å². The molecule has 0 spiro atoms. The van der Waals surface area contributed by atoms with Gasteiger partial charge in [-0.2, -0.15) is 0 Å². The lowest BCUT2D eigenvalue weighted by molar-refractivity contribution is 0.101. The van der Waals surface area contributed by atoms with Crippen LogP contribution in [0.15, 0.2) is 92.5 Å². The third kappa shape index (κ3) is 2.72. The Morgan fingerprint density at radius 1 is 0.875 bits per heavy atom. The average Bonchev–Trinajstić information content (AvgIpc) is 3.41. The number of hydrogen-bond donors (Lipinski definition) is 1. The number of para-hydroxylation sites is 1. The number of fused-ring (bicyclic) bond motifs is 4. The minimum Gasteiger partial charge on any atom is -0.452 e. The highest BCUT2D eigenvalue weighted by Gasteiger charge is 2.26. The second kappa shape index (κ2) is 6.82. The Morgan fingerprint density at radius 2 is 1.66 bits per heavy atom. The number of rotatable bonds is 3. The Hall–Kier alpha value is -4.38. The molecule has 0 unspecified atom stereocenters. The Labute approximate surface area is 181 Å². The maximum atomic E-state index is 13.6. The summed E-state index contributed by atoms with van der Waals surface area (Å²) in [7, 11) is 0. The Bertz CT molecular complexity index is 1680. The number of furan rings is 1. The lowest BCUT2D eigenvalue weighted by Crippen LogP contribution is -2.02. The van der Waals surface area contributed by atoms with Gasteiger partial charge in [-0.3, -0.25) is 4.79 Å². The van der Waals surface area contributed by atoms with E-state index in [9.17, 15) is 9.59 Å². The first-order valence-electron chi connectivity index (χ1n) is 10.3. The molecule has 154 valence electrons. The predicted octanol–water partition coefficient (Wildman–Crippen LogP) is 6.23. The molecule has 5 nitrogen and oxygen atoms in total. The molecule has 0 saturated heterocycles. The highest BCUT2D eigenvalue weighted by Crippen LogP contribution is 2.40. The first-order chi connectivity index (χ1) is 15.6. The molecule has 0 bridgehead atoms. The van der Waals surface area contributed by atoms with Crippen molar-refractivity contribution in [1.29, 1.82) is 0 Å². The fourth-order valence-corrected chi connectivity index (χ4v) is 4.32. The van der Waals surface area contributed by atoms with Crippen LogP contribution < -0.4 is 5.63 Å². The van der Waals surface area contributed by atoms with E-state index in [0.29, 0.717) is 27.8 Å². The first-order valence-corrected chi connectivity index (χ1v) is 10.3. The summed E-state index contributed by atoms with van der Waals surface area (Å²) >= 11 is 0. The lowest BCUT2D eigenvalue weighted by atomic mass is 9.97. The van der Waals surface area contributed by atoms with Gasteiger partial charge in [-0.15, -0.1) is 0 Å². The Kier molecular flexibility index (Phi) is 3.92. The molecule has 0 atom stereocenters. The van der Waals surface area contributed by atoms with Crippen LogP contribution in [0.3, 0.4) is 0 Å². The quantitative estimate of drug-likeness (QED) is 0.273. The zero-order valence-electron chi connectivity index (χ0n) is 17.1. The number of aromatic amines is 1. The summed E-state index contributed by atoms with van der Waals surface area (Å²) in [4.78, 5) is 29.0. The van der Waals surface area contributed by atoms with Crippen molar-refractivity contribution < 1.29 is 13.6 Å². The summed E-state index contributed by atoms with van der Waals surface area (Å²) in [6.45, 7) is 1.86. The topological polar surface area (TPSA) is 76.2 Å². The molecule has 0 aliphatic rings. The summed E-state index contributed by atoms with van der Waals surface area (Å²) in [5.41, 5.74) is 4.01. The van der Waals surface area contributed by atoms with Gasteiger partial charge in [-0.25, -0.2) is 4.79 Å². The molecule has 0 saturated carbocycles. The molecule has 6 aromatic rings. The molecule has 6 rings (SSSR count). The van der Waals surface area contributed by atoms with E-state index in [2.05, 4.69) is 4.98 Å². The predicted molar refractivity (Wildman–Crippen MR) is 124 cm³/mol. The SMILES string of the molecule is Cc1cc(=O)oc2c1ccc1oc(C(=O)c3cc4ccccc4[nH]3)c(-c3ccccc3)c12. The van der Waals surface area contributed by atoms with Crippen LogP contribution in [0.4, 0.5) is 0 Å². The molecule has 0 radical (unpaired) electrons. The summed E-state index contributed by atoms with van der Waals surface area (Å²) in [6, 6.07) is 24.2. The van der Waals surface area contributed by atoms with Gasteiger partial charge in [0.25, 0.3) is 0 Å². The summed E-state index contributed by atoms with van der Waals surface area (Å²) < 4.78 is 11.8. The monoisotopic (exact) mass is 419 g/mol. The third-order valence-electron chi connectivity index (χ3n) is 5.81. The number of aryl methyl sites for hydroxylation is 1. The molecule has 3 aromatic heterocycles. The van der Waals surface area contributed by atoms with E-state index in [0.717, 1.165) is 27.4 Å². The number of hydrogen-bond acceptors (Lipinski definition) is 4. The van der Waals surface area contributed by atoms with Crippen LogP contribution in [-0.2, 0) is 0 Å². The van der Waals surface area contributed by atoms with Crippen LogP contribution in [0, 0.1) is 6.92 Å². The minimum absolute atomic E-state index is 0.203. The summed E-state index contributed by atoms with van der Waals surface area (Å²) in [5.74, 6) is -0.0613. The molecule has 3 heterocycles. The standard InChI is InChI=1S/C27H17NO4/c1-15-13-22(29)32-26-18(15)11-12-21-24(26)23(16-7-3-2-4-8-16)27(31-21)25(30)20-14-17-9-5-6-10-19(17)28-20/h2-14,28H,1H3. The van der Waals surface area contributed by atoms with E-state index in [-0.39, 0.29) is 11.5 Å². The second-order valence-corrected chi connectivity index (χ2v) is 7.84. The third-order valence-corrected chi connectivity index (χ3v) is 5.81. The molecule has 0 aliphatic carbocycles. The fourth-order valence-electron chi connectivity index (χ4n) is 4.32. The molecular weight excluding hydrogens is 402 g/mol. The van der Waals surface area contributed by atoms with E-state index in [1.807, 2.05) is 79.7 Å². The van der Waals surface area contributed by atoms with E-state index < -0.39 is 5.63 Å². The van der Waals surface area contributed by atoms with Gasteiger partial charge >= 0.3 is 5.63 Å². The number of H-pyrrole nitrogens is 1. The van der Waals surface area contributed by atoms with Crippen molar-refractivity contribution in [2.24, 2.45) is 0 Å². The number of aromatic nitrogens is 1. The largest absolute Gasteiger partial charge is 0.452 e. The van der Waals surface area contributed by atoms with Crippen LogP contribution in [0.25, 0.3) is 44.0 Å². The van der Waals surface area contributed by atoms with Gasteiger partial charge in [0.15, 0.2) is 5.76 Å². The Balaban J connectivity index is 1.70. The molecule has 5 heteroatoms. The zero-order chi connectivity index (χ0) is 21.8. The van der Waals surface area contributed by atoms with Crippen molar-refractivity contribution >= 4 is 38.6 Å². The highest BCUT2D eigenvalue weighted by atomic mass is 16.4. The maximum absolute atomic E-state index is 13.6. The molecular formula is C27H17NO4. The average molecular weight is 419 g/mol. The smallest absolute Gasteiger partial charge is 0.336 e. The van der Waals surface area contributed by atoms with Crippen LogP contribution in [-0.4, -0.2) is 10.8 Å². The van der Waals surface area contributed by atoms with Gasteiger partial charge in [0.1, 0.15) is 11.2 Å². The van der Waals surface area contributed by atoms with Gasteiger partial charge in [-0.1, -0.05) is 48.5 Å².